The van der Waals surface area contributed by atoms with Crippen molar-refractivity contribution in [1.82, 2.24) is 0 Å². The molecule has 0 bridgehead atoms. The molecule has 4 nitrogen and oxygen atoms in total. The molecule has 4 heteroatoms. The lowest BCUT2D eigenvalue weighted by Gasteiger charge is -2.02. The highest BCUT2D eigenvalue weighted by molar-refractivity contribution is 5.48. The van der Waals surface area contributed by atoms with Crippen LogP contribution in [0, 0.1) is 6.92 Å². The smallest absolute Gasteiger partial charge is 0.119 e. The third kappa shape index (κ3) is 12.3. The Kier molecular flexibility index (Phi) is 14.9. The highest BCUT2D eigenvalue weighted by Crippen LogP contribution is 2.10. The van der Waals surface area contributed by atoms with Crippen LogP contribution in [-0.4, -0.2) is 31.4 Å². The molecule has 0 atom stereocenters. The molecule has 0 saturated heterocycles. The maximum Gasteiger partial charge on any atom is 0.119 e. The number of benzene rings is 1. The molecule has 0 amide bonds. The van der Waals surface area contributed by atoms with E-state index < -0.39 is 0 Å². The van der Waals surface area contributed by atoms with Crippen molar-refractivity contribution in [3.05, 3.63) is 29.8 Å². The largest absolute Gasteiger partial charge is 0.491 e. The van der Waals surface area contributed by atoms with Crippen molar-refractivity contribution in [3.63, 3.8) is 0 Å². The zero-order valence-electron chi connectivity index (χ0n) is 10.4. The number of ether oxygens (including phenoxy) is 1. The molecule has 0 saturated carbocycles. The van der Waals surface area contributed by atoms with Crippen LogP contribution < -0.4 is 4.74 Å². The number of carbonyl (C=O) groups is 2. The molecule has 17 heavy (non-hydrogen) atoms. The fraction of sp³-hybridized carbons (Fsp3) is 0.385. The first kappa shape index (κ1) is 17.7. The predicted octanol–water partition coefficient (Wildman–Crippen LogP) is 1.78. The number of aldehydes is 1. The Hall–Kier alpha value is -1.68. The van der Waals surface area contributed by atoms with Gasteiger partial charge in [-0.25, -0.2) is 0 Å². The molecule has 0 spiro atoms. The minimum atomic E-state index is 0.0634. The summed E-state index contributed by atoms with van der Waals surface area (Å²) in [5, 5.41) is 8.46. The second kappa shape index (κ2) is 14.3. The standard InChI is InChI=1S/C9H12O2.C3H6O.CH2O/c1-8-2-4-9(5-3-8)11-7-6-10;1-2-3-4;1-2/h2-5,10H,6-7H2,1H3;3H,2H2,1H3;1H2. The summed E-state index contributed by atoms with van der Waals surface area (Å²) in [4.78, 5) is 17.2. The molecular weight excluding hydrogens is 220 g/mol. The molecule has 0 aliphatic carbocycles. The van der Waals surface area contributed by atoms with Crippen LogP contribution in [0.2, 0.25) is 0 Å². The molecule has 1 aromatic rings. The van der Waals surface area contributed by atoms with Gasteiger partial charge in [-0.15, -0.1) is 0 Å². The molecule has 0 aliphatic heterocycles. The molecule has 1 rings (SSSR count). The summed E-state index contributed by atoms with van der Waals surface area (Å²) in [7, 11) is 0. The van der Waals surface area contributed by atoms with Gasteiger partial charge in [0.05, 0.1) is 6.61 Å². The molecular formula is C13H20O4. The van der Waals surface area contributed by atoms with E-state index in [1.54, 1.807) is 0 Å². The Morgan fingerprint density at radius 3 is 2.12 bits per heavy atom. The second-order valence-electron chi connectivity index (χ2n) is 2.96. The second-order valence-corrected chi connectivity index (χ2v) is 2.96. The Balaban J connectivity index is 0. The van der Waals surface area contributed by atoms with E-state index in [0.29, 0.717) is 13.0 Å². The van der Waals surface area contributed by atoms with Gasteiger partial charge >= 0.3 is 0 Å². The molecule has 96 valence electrons. The van der Waals surface area contributed by atoms with Gasteiger partial charge in [-0.2, -0.15) is 0 Å². The molecule has 0 fully saturated rings. The molecule has 0 heterocycles. The number of aryl methyl sites for hydroxylation is 1. The van der Waals surface area contributed by atoms with Gasteiger partial charge in [-0.1, -0.05) is 24.6 Å². The van der Waals surface area contributed by atoms with Crippen LogP contribution in [-0.2, 0) is 9.59 Å². The Labute approximate surface area is 102 Å². The molecule has 1 N–H and O–H groups in total. The van der Waals surface area contributed by atoms with E-state index in [-0.39, 0.29) is 6.61 Å². The van der Waals surface area contributed by atoms with Gasteiger partial charge in [-0.3, -0.25) is 0 Å². The number of aliphatic hydroxyl groups is 1. The maximum atomic E-state index is 9.17. The third-order valence-corrected chi connectivity index (χ3v) is 1.55. The SMILES string of the molecule is C=O.CCC=O.Cc1ccc(OCCO)cc1. The van der Waals surface area contributed by atoms with Gasteiger partial charge in [0, 0.05) is 6.42 Å². The lowest BCUT2D eigenvalue weighted by Crippen LogP contribution is -2.01. The molecule has 0 unspecified atom stereocenters. The summed E-state index contributed by atoms with van der Waals surface area (Å²) in [5.41, 5.74) is 1.21. The Morgan fingerprint density at radius 1 is 1.29 bits per heavy atom. The van der Waals surface area contributed by atoms with Crippen LogP contribution in [0.4, 0.5) is 0 Å². The fourth-order valence-corrected chi connectivity index (χ4v) is 0.798. The third-order valence-electron chi connectivity index (χ3n) is 1.55. The number of hydrogen-bond donors (Lipinski definition) is 1. The summed E-state index contributed by atoms with van der Waals surface area (Å²) in [6.45, 7) is 6.26. The van der Waals surface area contributed by atoms with Crippen molar-refractivity contribution in [3.8, 4) is 5.75 Å². The first-order chi connectivity index (χ1) is 8.24. The van der Waals surface area contributed by atoms with Crippen LogP contribution in [0.25, 0.3) is 0 Å². The summed E-state index contributed by atoms with van der Waals surface area (Å²) >= 11 is 0. The normalized spacial score (nSPS) is 7.94. The summed E-state index contributed by atoms with van der Waals surface area (Å²) in [5.74, 6) is 0.810. The van der Waals surface area contributed by atoms with Crippen LogP contribution in [0.3, 0.4) is 0 Å². The average Bonchev–Trinajstić information content (AvgIpc) is 2.41. The minimum Gasteiger partial charge on any atom is -0.491 e. The van der Waals surface area contributed by atoms with E-state index in [9.17, 15) is 4.79 Å². The quantitative estimate of drug-likeness (QED) is 0.815. The molecule has 1 aromatic carbocycles. The lowest BCUT2D eigenvalue weighted by atomic mass is 10.2. The number of rotatable bonds is 4. The van der Waals surface area contributed by atoms with E-state index in [4.69, 9.17) is 14.6 Å². The highest BCUT2D eigenvalue weighted by Gasteiger charge is 1.90. The average molecular weight is 240 g/mol. The van der Waals surface area contributed by atoms with Gasteiger partial charge in [0.1, 0.15) is 25.4 Å². The number of hydrogen-bond acceptors (Lipinski definition) is 4. The summed E-state index contributed by atoms with van der Waals surface area (Å²) < 4.78 is 5.16. The van der Waals surface area contributed by atoms with Crippen molar-refractivity contribution in [2.75, 3.05) is 13.2 Å². The van der Waals surface area contributed by atoms with E-state index >= 15 is 0 Å². The van der Waals surface area contributed by atoms with Gasteiger partial charge in [-0.05, 0) is 19.1 Å². The van der Waals surface area contributed by atoms with E-state index in [1.807, 2.05) is 44.9 Å². The number of carbonyl (C=O) groups excluding carboxylic acids is 2. The molecule has 0 aromatic heterocycles. The van der Waals surface area contributed by atoms with Gasteiger partial charge < -0.3 is 19.4 Å². The van der Waals surface area contributed by atoms with Crippen molar-refractivity contribution >= 4 is 13.1 Å². The fourth-order valence-electron chi connectivity index (χ4n) is 0.798. The topological polar surface area (TPSA) is 63.6 Å². The van der Waals surface area contributed by atoms with E-state index in [0.717, 1.165) is 12.0 Å². The highest BCUT2D eigenvalue weighted by atomic mass is 16.5. The van der Waals surface area contributed by atoms with Crippen molar-refractivity contribution in [1.29, 1.82) is 0 Å². The first-order valence-corrected chi connectivity index (χ1v) is 5.27. The van der Waals surface area contributed by atoms with E-state index in [1.165, 1.54) is 5.56 Å². The van der Waals surface area contributed by atoms with Crippen molar-refractivity contribution in [2.45, 2.75) is 20.3 Å². The number of aliphatic hydroxyl groups excluding tert-OH is 1. The monoisotopic (exact) mass is 240 g/mol. The summed E-state index contributed by atoms with van der Waals surface area (Å²) in [6.07, 6.45) is 1.51. The Bertz CT molecular complexity index is 269. The zero-order chi connectivity index (χ0) is 13.5. The maximum absolute atomic E-state index is 9.17. The Morgan fingerprint density at radius 2 is 1.76 bits per heavy atom. The first-order valence-electron chi connectivity index (χ1n) is 5.27. The zero-order valence-corrected chi connectivity index (χ0v) is 10.4. The van der Waals surface area contributed by atoms with Gasteiger partial charge in [0.15, 0.2) is 0 Å². The minimum absolute atomic E-state index is 0.0634. The predicted molar refractivity (Wildman–Crippen MR) is 67.2 cm³/mol. The van der Waals surface area contributed by atoms with Crippen LogP contribution in [0.15, 0.2) is 24.3 Å². The van der Waals surface area contributed by atoms with E-state index in [2.05, 4.69) is 0 Å². The van der Waals surface area contributed by atoms with Crippen molar-refractivity contribution < 1.29 is 19.4 Å². The van der Waals surface area contributed by atoms with Crippen molar-refractivity contribution in [2.24, 2.45) is 0 Å². The molecule has 0 aliphatic rings. The lowest BCUT2D eigenvalue weighted by molar-refractivity contribution is -0.107. The molecule has 0 radical (unpaired) electrons. The summed E-state index contributed by atoms with van der Waals surface area (Å²) in [6, 6.07) is 7.75. The van der Waals surface area contributed by atoms with Crippen LogP contribution in [0.1, 0.15) is 18.9 Å². The van der Waals surface area contributed by atoms with Crippen LogP contribution >= 0.6 is 0 Å². The van der Waals surface area contributed by atoms with Gasteiger partial charge in [0.2, 0.25) is 0 Å². The van der Waals surface area contributed by atoms with Crippen LogP contribution in [0.5, 0.6) is 5.75 Å². The van der Waals surface area contributed by atoms with Gasteiger partial charge in [0.25, 0.3) is 0 Å².